The molecule has 1 aliphatic rings. The Morgan fingerprint density at radius 3 is 3.05 bits per heavy atom. The van der Waals surface area contributed by atoms with Crippen LogP contribution in [0.15, 0.2) is 17.8 Å². The minimum Gasteiger partial charge on any atom is -0.480 e. The number of amides is 1. The van der Waals surface area contributed by atoms with E-state index in [9.17, 15) is 9.59 Å². The zero-order chi connectivity index (χ0) is 14.1. The lowest BCUT2D eigenvalue weighted by Gasteiger charge is -2.13. The third kappa shape index (κ3) is 2.82. The number of rotatable bonds is 6. The van der Waals surface area contributed by atoms with E-state index >= 15 is 0 Å². The minimum atomic E-state index is -0.955. The van der Waals surface area contributed by atoms with Gasteiger partial charge in [0.1, 0.15) is 6.04 Å². The summed E-state index contributed by atoms with van der Waals surface area (Å²) in [6.45, 7) is 0. The van der Waals surface area contributed by atoms with Crippen molar-refractivity contribution >= 4 is 28.2 Å². The summed E-state index contributed by atoms with van der Waals surface area (Å²) in [7, 11) is 0. The van der Waals surface area contributed by atoms with E-state index in [-0.39, 0.29) is 12.3 Å². The van der Waals surface area contributed by atoms with E-state index in [1.807, 2.05) is 9.78 Å². The third-order valence-corrected chi connectivity index (χ3v) is 4.36. The maximum atomic E-state index is 12.0. The van der Waals surface area contributed by atoms with Gasteiger partial charge in [-0.25, -0.2) is 9.78 Å². The summed E-state index contributed by atoms with van der Waals surface area (Å²) >= 11 is 1.46. The number of nitrogens with one attached hydrogen (secondary N) is 1. The molecule has 7 heteroatoms. The number of carbonyl (C=O) groups excluding carboxylic acids is 1. The number of carbonyl (C=O) groups is 2. The molecule has 0 saturated heterocycles. The van der Waals surface area contributed by atoms with Crippen LogP contribution in [-0.2, 0) is 16.0 Å². The Morgan fingerprint density at radius 2 is 2.35 bits per heavy atom. The van der Waals surface area contributed by atoms with Crippen LogP contribution in [0.5, 0.6) is 0 Å². The minimum absolute atomic E-state index is 0.171. The monoisotopic (exact) mass is 293 g/mol. The zero-order valence-corrected chi connectivity index (χ0v) is 11.6. The van der Waals surface area contributed by atoms with Crippen LogP contribution in [0.3, 0.4) is 0 Å². The van der Waals surface area contributed by atoms with E-state index in [2.05, 4.69) is 10.3 Å². The Balaban J connectivity index is 1.63. The summed E-state index contributed by atoms with van der Waals surface area (Å²) in [6.07, 6.45) is 6.32. The lowest BCUT2D eigenvalue weighted by molar-refractivity contribution is -0.142. The number of thiazole rings is 1. The first-order valence-corrected chi connectivity index (χ1v) is 7.43. The summed E-state index contributed by atoms with van der Waals surface area (Å²) in [5, 5.41) is 13.6. The van der Waals surface area contributed by atoms with E-state index in [1.54, 1.807) is 12.4 Å². The van der Waals surface area contributed by atoms with Gasteiger partial charge >= 0.3 is 5.97 Å². The predicted octanol–water partition coefficient (Wildman–Crippen LogP) is 1.31. The highest BCUT2D eigenvalue weighted by atomic mass is 32.1. The summed E-state index contributed by atoms with van der Waals surface area (Å²) in [4.78, 5) is 28.1. The van der Waals surface area contributed by atoms with Crippen LogP contribution in [-0.4, -0.2) is 32.4 Å². The molecule has 0 aliphatic heterocycles. The van der Waals surface area contributed by atoms with Crippen LogP contribution in [0.25, 0.3) is 4.96 Å². The maximum Gasteiger partial charge on any atom is 0.326 e. The Labute approximate surface area is 119 Å². The van der Waals surface area contributed by atoms with Gasteiger partial charge in [0.2, 0.25) is 5.91 Å². The highest BCUT2D eigenvalue weighted by molar-refractivity contribution is 7.15. The number of carboxylic acids is 1. The van der Waals surface area contributed by atoms with Crippen LogP contribution in [0.1, 0.15) is 25.0 Å². The second kappa shape index (κ2) is 5.24. The number of nitrogens with zero attached hydrogens (tertiary/aromatic N) is 2. The number of aliphatic carboxylic acids is 1. The van der Waals surface area contributed by atoms with Crippen molar-refractivity contribution in [3.8, 4) is 0 Å². The van der Waals surface area contributed by atoms with Crippen molar-refractivity contribution in [2.24, 2.45) is 5.92 Å². The molecule has 1 fully saturated rings. The molecule has 1 aliphatic carbocycles. The number of hydrogen-bond donors (Lipinski definition) is 2. The van der Waals surface area contributed by atoms with Gasteiger partial charge in [-0.2, -0.15) is 0 Å². The molecule has 0 spiro atoms. The first-order chi connectivity index (χ1) is 9.63. The van der Waals surface area contributed by atoms with Crippen molar-refractivity contribution in [3.05, 3.63) is 23.5 Å². The lowest BCUT2D eigenvalue weighted by Crippen LogP contribution is -2.41. The highest BCUT2D eigenvalue weighted by Gasteiger charge is 2.30. The quantitative estimate of drug-likeness (QED) is 0.841. The Bertz CT molecular complexity index is 644. The van der Waals surface area contributed by atoms with E-state index in [0.29, 0.717) is 12.3 Å². The molecular formula is C13H15N3O3S. The van der Waals surface area contributed by atoms with Gasteiger partial charge in [0, 0.05) is 23.5 Å². The topological polar surface area (TPSA) is 83.7 Å². The van der Waals surface area contributed by atoms with Crippen molar-refractivity contribution in [3.63, 3.8) is 0 Å². The van der Waals surface area contributed by atoms with Gasteiger partial charge in [0.05, 0.1) is 6.42 Å². The van der Waals surface area contributed by atoms with Gasteiger partial charge in [-0.1, -0.05) is 12.8 Å². The van der Waals surface area contributed by atoms with Gasteiger partial charge < -0.3 is 10.4 Å². The predicted molar refractivity (Wildman–Crippen MR) is 73.7 cm³/mol. The van der Waals surface area contributed by atoms with Crippen LogP contribution < -0.4 is 5.32 Å². The fourth-order valence-electron chi connectivity index (χ4n) is 2.22. The lowest BCUT2D eigenvalue weighted by atomic mass is 10.1. The molecule has 1 amide bonds. The van der Waals surface area contributed by atoms with Crippen LogP contribution in [0.2, 0.25) is 0 Å². The van der Waals surface area contributed by atoms with Gasteiger partial charge in [-0.3, -0.25) is 9.20 Å². The van der Waals surface area contributed by atoms with Crippen molar-refractivity contribution in [1.82, 2.24) is 14.7 Å². The van der Waals surface area contributed by atoms with Crippen LogP contribution >= 0.6 is 11.3 Å². The number of fused-ring (bicyclic) bond motifs is 1. The van der Waals surface area contributed by atoms with Crippen molar-refractivity contribution < 1.29 is 14.7 Å². The molecule has 1 unspecified atom stereocenters. The zero-order valence-electron chi connectivity index (χ0n) is 10.8. The molecule has 0 radical (unpaired) electrons. The largest absolute Gasteiger partial charge is 0.480 e. The number of aromatic nitrogens is 2. The molecule has 1 saturated carbocycles. The Kier molecular flexibility index (Phi) is 3.43. The number of hydrogen-bond acceptors (Lipinski definition) is 4. The Hall–Kier alpha value is -1.89. The van der Waals surface area contributed by atoms with Gasteiger partial charge in [-0.15, -0.1) is 11.3 Å². The molecule has 1 atom stereocenters. The SMILES string of the molecule is O=C(Cc1csc2nccn12)NC(CC1CC1)C(=O)O. The highest BCUT2D eigenvalue weighted by Crippen LogP contribution is 2.33. The van der Waals surface area contributed by atoms with Gasteiger partial charge in [-0.05, 0) is 12.3 Å². The Morgan fingerprint density at radius 1 is 1.55 bits per heavy atom. The van der Waals surface area contributed by atoms with E-state index in [0.717, 1.165) is 23.5 Å². The van der Waals surface area contributed by atoms with E-state index < -0.39 is 12.0 Å². The first-order valence-electron chi connectivity index (χ1n) is 6.55. The van der Waals surface area contributed by atoms with Crippen LogP contribution in [0.4, 0.5) is 0 Å². The number of carboxylic acid groups (broad SMARTS) is 1. The van der Waals surface area contributed by atoms with E-state index in [4.69, 9.17) is 5.11 Å². The summed E-state index contributed by atoms with van der Waals surface area (Å²) in [6, 6.07) is -0.771. The van der Waals surface area contributed by atoms with E-state index in [1.165, 1.54) is 11.3 Å². The second-order valence-electron chi connectivity index (χ2n) is 5.12. The summed E-state index contributed by atoms with van der Waals surface area (Å²) in [5.74, 6) is -0.757. The third-order valence-electron chi connectivity index (χ3n) is 3.46. The molecule has 0 aromatic carbocycles. The van der Waals surface area contributed by atoms with Gasteiger partial charge in [0.25, 0.3) is 0 Å². The molecule has 20 heavy (non-hydrogen) atoms. The molecular weight excluding hydrogens is 278 g/mol. The van der Waals surface area contributed by atoms with Crippen molar-refractivity contribution in [2.45, 2.75) is 31.7 Å². The average Bonchev–Trinajstić information content (AvgIpc) is 2.96. The molecule has 3 rings (SSSR count). The number of imidazole rings is 1. The summed E-state index contributed by atoms with van der Waals surface area (Å²) < 4.78 is 1.85. The normalized spacial score (nSPS) is 16.2. The fourth-order valence-corrected chi connectivity index (χ4v) is 3.07. The molecule has 2 aromatic heterocycles. The second-order valence-corrected chi connectivity index (χ2v) is 5.96. The molecule has 2 heterocycles. The fraction of sp³-hybridized carbons (Fsp3) is 0.462. The van der Waals surface area contributed by atoms with Crippen LogP contribution in [0, 0.1) is 5.92 Å². The average molecular weight is 293 g/mol. The smallest absolute Gasteiger partial charge is 0.326 e. The molecule has 106 valence electrons. The van der Waals surface area contributed by atoms with Crippen molar-refractivity contribution in [1.29, 1.82) is 0 Å². The first kappa shape index (κ1) is 13.1. The maximum absolute atomic E-state index is 12.0. The van der Waals surface area contributed by atoms with Gasteiger partial charge in [0.15, 0.2) is 4.96 Å². The summed E-state index contributed by atoms with van der Waals surface area (Å²) in [5.41, 5.74) is 0.829. The molecule has 2 N–H and O–H groups in total. The standard InChI is InChI=1S/C13H15N3O3S/c17-11(15-10(12(18)19)5-8-1-2-8)6-9-7-20-13-14-3-4-16(9)13/h3-4,7-8,10H,1-2,5-6H2,(H,15,17)(H,18,19). The molecule has 0 bridgehead atoms. The molecule has 6 nitrogen and oxygen atoms in total. The van der Waals surface area contributed by atoms with Crippen molar-refractivity contribution in [2.75, 3.05) is 0 Å². The molecule has 2 aromatic rings.